The highest BCUT2D eigenvalue weighted by Crippen LogP contribution is 2.22. The van der Waals surface area contributed by atoms with Crippen molar-refractivity contribution < 1.29 is 4.74 Å². The smallest absolute Gasteiger partial charge is 0.120 e. The largest absolute Gasteiger partial charge is 0.490 e. The molecule has 1 fully saturated rings. The molecule has 1 saturated heterocycles. The molecule has 0 saturated carbocycles. The van der Waals surface area contributed by atoms with Crippen LogP contribution in [0.15, 0.2) is 54.6 Å². The first-order valence-corrected chi connectivity index (χ1v) is 6.84. The third-order valence-electron chi connectivity index (χ3n) is 3.54. The fourth-order valence-corrected chi connectivity index (χ4v) is 2.51. The van der Waals surface area contributed by atoms with E-state index in [0.29, 0.717) is 6.10 Å². The molecule has 0 N–H and O–H groups in total. The minimum atomic E-state index is 0.329. The van der Waals surface area contributed by atoms with Crippen molar-refractivity contribution in [3.8, 4) is 5.75 Å². The van der Waals surface area contributed by atoms with Crippen molar-refractivity contribution in [1.82, 2.24) is 0 Å². The summed E-state index contributed by atoms with van der Waals surface area (Å²) in [6, 6.07) is 21.4. The van der Waals surface area contributed by atoms with Crippen LogP contribution in [0.4, 0.5) is 5.69 Å². The van der Waals surface area contributed by atoms with E-state index in [2.05, 4.69) is 41.3 Å². The summed E-state index contributed by atoms with van der Waals surface area (Å²) in [5.74, 6) is 0.931. The Morgan fingerprint density at radius 1 is 1.00 bits per heavy atom. The average molecular weight is 252 g/mol. The van der Waals surface area contributed by atoms with Crippen LogP contribution in [0.3, 0.4) is 0 Å². The summed E-state index contributed by atoms with van der Waals surface area (Å²) >= 11 is 0. The standard InChI is InChI=1S/C17H18NO/c1-3-7-15(8-4-1)18-13-11-17(12-14-18)19-16-9-5-2-6-10-16/h1-5,7-10,17H,11-14H2. The van der Waals surface area contributed by atoms with Crippen molar-refractivity contribution in [2.75, 3.05) is 18.0 Å². The van der Waals surface area contributed by atoms with Crippen LogP contribution in [0.5, 0.6) is 5.75 Å². The summed E-state index contributed by atoms with van der Waals surface area (Å²) < 4.78 is 5.98. The maximum absolute atomic E-state index is 5.98. The van der Waals surface area contributed by atoms with Gasteiger partial charge in [-0.25, -0.2) is 0 Å². The van der Waals surface area contributed by atoms with E-state index in [1.54, 1.807) is 0 Å². The summed E-state index contributed by atoms with van der Waals surface area (Å²) in [5, 5.41) is 0. The minimum absolute atomic E-state index is 0.329. The lowest BCUT2D eigenvalue weighted by molar-refractivity contribution is 0.171. The monoisotopic (exact) mass is 252 g/mol. The highest BCUT2D eigenvalue weighted by molar-refractivity contribution is 5.46. The van der Waals surface area contributed by atoms with Gasteiger partial charge in [0, 0.05) is 31.6 Å². The summed E-state index contributed by atoms with van der Waals surface area (Å²) in [6.45, 7) is 2.12. The molecule has 1 heterocycles. The molecule has 0 aromatic heterocycles. The van der Waals surface area contributed by atoms with Crippen LogP contribution in [-0.2, 0) is 0 Å². The Bertz CT molecular complexity index is 489. The van der Waals surface area contributed by atoms with E-state index in [9.17, 15) is 0 Å². The van der Waals surface area contributed by atoms with Gasteiger partial charge in [-0.1, -0.05) is 30.3 Å². The zero-order valence-corrected chi connectivity index (χ0v) is 11.0. The normalized spacial score (nSPS) is 16.3. The highest BCUT2D eigenvalue weighted by Gasteiger charge is 2.20. The number of ether oxygens (including phenoxy) is 1. The number of nitrogens with zero attached hydrogens (tertiary/aromatic N) is 1. The maximum Gasteiger partial charge on any atom is 0.120 e. The SMILES string of the molecule is [c]1cccc(OC2CCN(c3ccccc3)CC2)c1. The molecule has 0 bridgehead atoms. The molecule has 2 aromatic rings. The van der Waals surface area contributed by atoms with Gasteiger partial charge < -0.3 is 9.64 Å². The van der Waals surface area contributed by atoms with Crippen LogP contribution in [0.2, 0.25) is 0 Å². The fraction of sp³-hybridized carbons (Fsp3) is 0.294. The number of hydrogen-bond acceptors (Lipinski definition) is 2. The van der Waals surface area contributed by atoms with Crippen LogP contribution in [0.1, 0.15) is 12.8 Å². The summed E-state index contributed by atoms with van der Waals surface area (Å²) in [7, 11) is 0. The van der Waals surface area contributed by atoms with Crippen LogP contribution in [0.25, 0.3) is 0 Å². The molecular weight excluding hydrogens is 234 g/mol. The lowest BCUT2D eigenvalue weighted by Crippen LogP contribution is -2.38. The Morgan fingerprint density at radius 3 is 2.47 bits per heavy atom. The second-order valence-corrected chi connectivity index (χ2v) is 4.88. The molecule has 1 radical (unpaired) electrons. The quantitative estimate of drug-likeness (QED) is 0.828. The first-order chi connectivity index (χ1) is 9.42. The van der Waals surface area contributed by atoms with E-state index in [4.69, 9.17) is 4.74 Å². The number of piperidine rings is 1. The van der Waals surface area contributed by atoms with Crippen molar-refractivity contribution in [2.45, 2.75) is 18.9 Å². The van der Waals surface area contributed by atoms with Gasteiger partial charge in [0.05, 0.1) is 0 Å². The Hall–Kier alpha value is -1.96. The van der Waals surface area contributed by atoms with Gasteiger partial charge in [-0.2, -0.15) is 0 Å². The van der Waals surface area contributed by atoms with Crippen molar-refractivity contribution in [3.05, 3.63) is 60.7 Å². The van der Waals surface area contributed by atoms with Gasteiger partial charge in [0.25, 0.3) is 0 Å². The molecule has 0 aliphatic carbocycles. The summed E-state index contributed by atoms with van der Waals surface area (Å²) in [6.07, 6.45) is 2.48. The van der Waals surface area contributed by atoms with Crippen molar-refractivity contribution in [3.63, 3.8) is 0 Å². The number of para-hydroxylation sites is 1. The third-order valence-corrected chi connectivity index (χ3v) is 3.54. The lowest BCUT2D eigenvalue weighted by Gasteiger charge is -2.33. The van der Waals surface area contributed by atoms with Gasteiger partial charge in [-0.3, -0.25) is 0 Å². The molecule has 97 valence electrons. The van der Waals surface area contributed by atoms with Gasteiger partial charge in [0.2, 0.25) is 0 Å². The van der Waals surface area contributed by atoms with Gasteiger partial charge in [0.1, 0.15) is 11.9 Å². The van der Waals surface area contributed by atoms with Gasteiger partial charge in [0.15, 0.2) is 0 Å². The first kappa shape index (κ1) is 12.1. The fourth-order valence-electron chi connectivity index (χ4n) is 2.51. The van der Waals surface area contributed by atoms with Gasteiger partial charge in [-0.15, -0.1) is 0 Å². The molecule has 3 rings (SSSR count). The van der Waals surface area contributed by atoms with Gasteiger partial charge in [-0.05, 0) is 30.3 Å². The first-order valence-electron chi connectivity index (χ1n) is 6.84. The number of anilines is 1. The molecular formula is C17H18NO. The number of rotatable bonds is 3. The van der Waals surface area contributed by atoms with E-state index >= 15 is 0 Å². The third kappa shape index (κ3) is 3.08. The lowest BCUT2D eigenvalue weighted by atomic mass is 10.1. The molecule has 1 aliphatic heterocycles. The number of hydrogen-bond donors (Lipinski definition) is 0. The molecule has 0 spiro atoms. The van der Waals surface area contributed by atoms with E-state index in [-0.39, 0.29) is 0 Å². The van der Waals surface area contributed by atoms with Crippen LogP contribution >= 0.6 is 0 Å². The van der Waals surface area contributed by atoms with Crippen molar-refractivity contribution in [2.24, 2.45) is 0 Å². The highest BCUT2D eigenvalue weighted by atomic mass is 16.5. The zero-order chi connectivity index (χ0) is 12.9. The van der Waals surface area contributed by atoms with E-state index < -0.39 is 0 Å². The Labute approximate surface area is 114 Å². The number of benzene rings is 2. The minimum Gasteiger partial charge on any atom is -0.490 e. The van der Waals surface area contributed by atoms with Gasteiger partial charge >= 0.3 is 0 Å². The summed E-state index contributed by atoms with van der Waals surface area (Å²) in [4.78, 5) is 2.43. The van der Waals surface area contributed by atoms with E-state index in [1.165, 1.54) is 5.69 Å². The average Bonchev–Trinajstić information content (AvgIpc) is 2.50. The summed E-state index contributed by atoms with van der Waals surface area (Å²) in [5.41, 5.74) is 1.31. The second kappa shape index (κ2) is 5.79. The zero-order valence-electron chi connectivity index (χ0n) is 11.0. The van der Waals surface area contributed by atoms with E-state index in [1.807, 2.05) is 24.3 Å². The maximum atomic E-state index is 5.98. The molecule has 0 atom stereocenters. The predicted molar refractivity (Wildman–Crippen MR) is 77.6 cm³/mol. The predicted octanol–water partition coefficient (Wildman–Crippen LogP) is 3.53. The molecule has 0 unspecified atom stereocenters. The second-order valence-electron chi connectivity index (χ2n) is 4.88. The molecule has 2 nitrogen and oxygen atoms in total. The molecule has 19 heavy (non-hydrogen) atoms. The molecule has 1 aliphatic rings. The topological polar surface area (TPSA) is 12.5 Å². The Kier molecular flexibility index (Phi) is 3.68. The van der Waals surface area contributed by atoms with Crippen LogP contribution in [-0.4, -0.2) is 19.2 Å². The molecule has 2 aromatic carbocycles. The molecule has 2 heteroatoms. The van der Waals surface area contributed by atoms with E-state index in [0.717, 1.165) is 31.7 Å². The Balaban J connectivity index is 1.55. The molecule has 0 amide bonds. The van der Waals surface area contributed by atoms with Crippen LogP contribution in [0, 0.1) is 6.07 Å². The van der Waals surface area contributed by atoms with Crippen molar-refractivity contribution >= 4 is 5.69 Å². The Morgan fingerprint density at radius 2 is 1.79 bits per heavy atom. The van der Waals surface area contributed by atoms with Crippen molar-refractivity contribution in [1.29, 1.82) is 0 Å². The van der Waals surface area contributed by atoms with Crippen LogP contribution < -0.4 is 9.64 Å².